The van der Waals surface area contributed by atoms with Crippen molar-refractivity contribution in [3.63, 3.8) is 0 Å². The predicted molar refractivity (Wildman–Crippen MR) is 60.6 cm³/mol. The van der Waals surface area contributed by atoms with Gasteiger partial charge in [0.1, 0.15) is 5.78 Å². The molecule has 1 aliphatic heterocycles. The number of hydrogen-bond acceptors (Lipinski definition) is 3. The Hall–Kier alpha value is -0.410. The number of carbonyl (C=O) groups is 1. The molecule has 1 fully saturated rings. The molecule has 0 radical (unpaired) electrons. The molecule has 1 heterocycles. The molecule has 1 rings (SSSR count). The van der Waals surface area contributed by atoms with Crippen LogP contribution in [0.1, 0.15) is 40.0 Å². The predicted octanol–water partition coefficient (Wildman–Crippen LogP) is 1.75. The van der Waals surface area contributed by atoms with E-state index in [1.807, 2.05) is 6.92 Å². The Morgan fingerprint density at radius 1 is 1.67 bits per heavy atom. The zero-order valence-corrected chi connectivity index (χ0v) is 10.1. The van der Waals surface area contributed by atoms with Gasteiger partial charge in [-0.3, -0.25) is 4.79 Å². The van der Waals surface area contributed by atoms with Crippen molar-refractivity contribution in [2.45, 2.75) is 46.1 Å². The molecule has 3 atom stereocenters. The SMILES string of the molecule is CCCC(C)CC(=O)C1(C)COCC1N. The quantitative estimate of drug-likeness (QED) is 0.757. The fraction of sp³-hybridized carbons (Fsp3) is 0.917. The van der Waals surface area contributed by atoms with Crippen molar-refractivity contribution < 1.29 is 9.53 Å². The second-order valence-corrected chi connectivity index (χ2v) is 5.06. The van der Waals surface area contributed by atoms with E-state index in [0.29, 0.717) is 25.6 Å². The van der Waals surface area contributed by atoms with Gasteiger partial charge >= 0.3 is 0 Å². The molecule has 0 amide bonds. The van der Waals surface area contributed by atoms with Crippen molar-refractivity contribution in [3.8, 4) is 0 Å². The minimum absolute atomic E-state index is 0.126. The molecule has 1 saturated heterocycles. The summed E-state index contributed by atoms with van der Waals surface area (Å²) in [7, 11) is 0. The molecule has 0 aromatic rings. The standard InChI is InChI=1S/C12H23NO2/c1-4-5-9(2)6-11(14)12(3)8-15-7-10(12)13/h9-10H,4-8,13H2,1-3H3. The van der Waals surface area contributed by atoms with Gasteiger partial charge in [0.05, 0.1) is 18.6 Å². The summed E-state index contributed by atoms with van der Waals surface area (Å²) in [6.45, 7) is 7.22. The van der Waals surface area contributed by atoms with Crippen LogP contribution in [-0.2, 0) is 9.53 Å². The van der Waals surface area contributed by atoms with Crippen LogP contribution in [0.3, 0.4) is 0 Å². The average Bonchev–Trinajstić information content (AvgIpc) is 2.48. The van der Waals surface area contributed by atoms with Crippen LogP contribution in [0.2, 0.25) is 0 Å². The highest BCUT2D eigenvalue weighted by Crippen LogP contribution is 2.31. The maximum atomic E-state index is 12.1. The second-order valence-electron chi connectivity index (χ2n) is 5.06. The van der Waals surface area contributed by atoms with Crippen LogP contribution in [0, 0.1) is 11.3 Å². The smallest absolute Gasteiger partial charge is 0.142 e. The first-order valence-corrected chi connectivity index (χ1v) is 5.87. The Kier molecular flexibility index (Phi) is 4.29. The molecule has 3 nitrogen and oxygen atoms in total. The van der Waals surface area contributed by atoms with E-state index < -0.39 is 5.41 Å². The van der Waals surface area contributed by atoms with Crippen LogP contribution in [0.5, 0.6) is 0 Å². The van der Waals surface area contributed by atoms with Crippen LogP contribution < -0.4 is 5.73 Å². The number of nitrogens with two attached hydrogens (primary N) is 1. The maximum absolute atomic E-state index is 12.1. The molecule has 0 aromatic heterocycles. The fourth-order valence-corrected chi connectivity index (χ4v) is 2.12. The number of Topliss-reactive ketones (excluding diaryl/α,β-unsaturated/α-hetero) is 1. The molecule has 0 aliphatic carbocycles. The molecule has 0 bridgehead atoms. The summed E-state index contributed by atoms with van der Waals surface area (Å²) in [6.07, 6.45) is 2.88. The molecule has 1 aliphatic rings. The van der Waals surface area contributed by atoms with Gasteiger partial charge in [-0.05, 0) is 12.8 Å². The zero-order valence-electron chi connectivity index (χ0n) is 10.1. The highest BCUT2D eigenvalue weighted by Gasteiger charge is 2.43. The van der Waals surface area contributed by atoms with Crippen molar-refractivity contribution in [1.29, 1.82) is 0 Å². The third kappa shape index (κ3) is 2.79. The first-order valence-electron chi connectivity index (χ1n) is 5.87. The minimum atomic E-state index is -0.442. The van der Waals surface area contributed by atoms with E-state index in [9.17, 15) is 4.79 Å². The van der Waals surface area contributed by atoms with E-state index in [1.165, 1.54) is 0 Å². The third-order valence-corrected chi connectivity index (χ3v) is 3.47. The van der Waals surface area contributed by atoms with Crippen LogP contribution in [0.25, 0.3) is 0 Å². The Morgan fingerprint density at radius 3 is 2.80 bits per heavy atom. The topological polar surface area (TPSA) is 52.3 Å². The second kappa shape index (κ2) is 5.08. The van der Waals surface area contributed by atoms with E-state index in [2.05, 4.69) is 13.8 Å². The van der Waals surface area contributed by atoms with E-state index in [0.717, 1.165) is 12.8 Å². The fourth-order valence-electron chi connectivity index (χ4n) is 2.12. The monoisotopic (exact) mass is 213 g/mol. The lowest BCUT2D eigenvalue weighted by Gasteiger charge is -2.26. The Morgan fingerprint density at radius 2 is 2.33 bits per heavy atom. The van der Waals surface area contributed by atoms with Crippen LogP contribution in [0.4, 0.5) is 0 Å². The molecule has 0 saturated carbocycles. The Labute approximate surface area is 92.4 Å². The first-order chi connectivity index (χ1) is 7.00. The van der Waals surface area contributed by atoms with Gasteiger partial charge in [-0.2, -0.15) is 0 Å². The van der Waals surface area contributed by atoms with Crippen molar-refractivity contribution in [3.05, 3.63) is 0 Å². The average molecular weight is 213 g/mol. The first kappa shape index (κ1) is 12.7. The number of ether oxygens (including phenoxy) is 1. The molecule has 88 valence electrons. The summed E-state index contributed by atoms with van der Waals surface area (Å²) < 4.78 is 5.29. The Balaban J connectivity index is 2.52. The molecule has 2 N–H and O–H groups in total. The molecule has 15 heavy (non-hydrogen) atoms. The molecule has 0 spiro atoms. The highest BCUT2D eigenvalue weighted by atomic mass is 16.5. The largest absolute Gasteiger partial charge is 0.379 e. The molecular formula is C12H23NO2. The Bertz CT molecular complexity index is 230. The lowest BCUT2D eigenvalue weighted by molar-refractivity contribution is -0.129. The van der Waals surface area contributed by atoms with Crippen molar-refractivity contribution in [2.75, 3.05) is 13.2 Å². The van der Waals surface area contributed by atoms with Gasteiger partial charge in [0.2, 0.25) is 0 Å². The lowest BCUT2D eigenvalue weighted by Crippen LogP contribution is -2.44. The maximum Gasteiger partial charge on any atom is 0.142 e. The molecule has 3 unspecified atom stereocenters. The normalized spacial score (nSPS) is 32.9. The van der Waals surface area contributed by atoms with Gasteiger partial charge in [-0.15, -0.1) is 0 Å². The zero-order chi connectivity index (χ0) is 11.5. The third-order valence-electron chi connectivity index (χ3n) is 3.47. The van der Waals surface area contributed by atoms with Gasteiger partial charge in [0, 0.05) is 12.5 Å². The van der Waals surface area contributed by atoms with Gasteiger partial charge < -0.3 is 10.5 Å². The van der Waals surface area contributed by atoms with Crippen LogP contribution in [-0.4, -0.2) is 25.0 Å². The van der Waals surface area contributed by atoms with Gasteiger partial charge in [0.15, 0.2) is 0 Å². The van der Waals surface area contributed by atoms with E-state index in [1.54, 1.807) is 0 Å². The number of carbonyl (C=O) groups excluding carboxylic acids is 1. The summed E-state index contributed by atoms with van der Waals surface area (Å²) in [6, 6.07) is -0.126. The van der Waals surface area contributed by atoms with Crippen molar-refractivity contribution >= 4 is 5.78 Å². The van der Waals surface area contributed by atoms with Crippen LogP contribution >= 0.6 is 0 Å². The van der Waals surface area contributed by atoms with Crippen LogP contribution in [0.15, 0.2) is 0 Å². The lowest BCUT2D eigenvalue weighted by atomic mass is 9.78. The van der Waals surface area contributed by atoms with Crippen molar-refractivity contribution in [1.82, 2.24) is 0 Å². The summed E-state index contributed by atoms with van der Waals surface area (Å²) in [5.41, 5.74) is 5.48. The number of hydrogen-bond donors (Lipinski definition) is 1. The van der Waals surface area contributed by atoms with E-state index in [-0.39, 0.29) is 11.8 Å². The molecular weight excluding hydrogens is 190 g/mol. The number of ketones is 1. The summed E-state index contributed by atoms with van der Waals surface area (Å²) in [4.78, 5) is 12.1. The van der Waals surface area contributed by atoms with Gasteiger partial charge in [-0.25, -0.2) is 0 Å². The van der Waals surface area contributed by atoms with E-state index >= 15 is 0 Å². The summed E-state index contributed by atoms with van der Waals surface area (Å²) >= 11 is 0. The number of rotatable bonds is 5. The molecule has 3 heteroatoms. The van der Waals surface area contributed by atoms with Crippen molar-refractivity contribution in [2.24, 2.45) is 17.1 Å². The minimum Gasteiger partial charge on any atom is -0.379 e. The summed E-state index contributed by atoms with van der Waals surface area (Å²) in [5, 5.41) is 0. The van der Waals surface area contributed by atoms with E-state index in [4.69, 9.17) is 10.5 Å². The summed E-state index contributed by atoms with van der Waals surface area (Å²) in [5.74, 6) is 0.737. The molecule has 0 aromatic carbocycles. The highest BCUT2D eigenvalue weighted by molar-refractivity contribution is 5.85. The van der Waals surface area contributed by atoms with Gasteiger partial charge in [0.25, 0.3) is 0 Å². The van der Waals surface area contributed by atoms with Gasteiger partial charge in [-0.1, -0.05) is 26.7 Å².